The predicted molar refractivity (Wildman–Crippen MR) is 82.3 cm³/mol. The lowest BCUT2D eigenvalue weighted by atomic mass is 10.0. The molecular weight excluding hydrogens is 378 g/mol. The van der Waals surface area contributed by atoms with Crippen LogP contribution in [-0.2, 0) is 6.18 Å². The molecular formula is C15H9F3IN. The third kappa shape index (κ3) is 3.67. The maximum atomic E-state index is 12.7. The summed E-state index contributed by atoms with van der Waals surface area (Å²) in [4.78, 5) is 0. The molecule has 1 aromatic carbocycles. The second-order valence-corrected chi connectivity index (χ2v) is 6.12. The highest BCUT2D eigenvalue weighted by molar-refractivity contribution is 14.2. The highest BCUT2D eigenvalue weighted by Gasteiger charge is 2.30. The summed E-state index contributed by atoms with van der Waals surface area (Å²) in [5.74, 6) is 0. The lowest BCUT2D eigenvalue weighted by Crippen LogP contribution is -2.05. The molecule has 20 heavy (non-hydrogen) atoms. The van der Waals surface area contributed by atoms with Crippen LogP contribution in [0.3, 0.4) is 0 Å². The zero-order valence-electron chi connectivity index (χ0n) is 10.2. The van der Waals surface area contributed by atoms with E-state index in [1.807, 2.05) is 26.3 Å². The van der Waals surface area contributed by atoms with Crippen LogP contribution in [-0.4, -0.2) is 4.01 Å². The van der Waals surface area contributed by atoms with Crippen LogP contribution >= 0.6 is 20.7 Å². The Kier molecular flexibility index (Phi) is 4.55. The summed E-state index contributed by atoms with van der Waals surface area (Å²) in [6.07, 6.45) is 0.973. The molecule has 1 aromatic rings. The van der Waals surface area contributed by atoms with Crippen LogP contribution < -0.4 is 0 Å². The van der Waals surface area contributed by atoms with Crippen LogP contribution in [0.15, 0.2) is 52.1 Å². The first-order valence-corrected chi connectivity index (χ1v) is 8.11. The number of alkyl halides is 3. The Morgan fingerprint density at radius 2 is 2.10 bits per heavy atom. The van der Waals surface area contributed by atoms with Gasteiger partial charge in [0.1, 0.15) is 0 Å². The fourth-order valence-electron chi connectivity index (χ4n) is 1.62. The molecule has 0 N–H and O–H groups in total. The number of allylic oxidation sites excluding steroid dienone is 5. The lowest BCUT2D eigenvalue weighted by Gasteiger charge is -2.08. The van der Waals surface area contributed by atoms with Crippen molar-refractivity contribution < 1.29 is 13.2 Å². The van der Waals surface area contributed by atoms with E-state index in [4.69, 9.17) is 5.26 Å². The molecule has 0 aliphatic carbocycles. The Morgan fingerprint density at radius 1 is 1.30 bits per heavy atom. The number of nitriles is 1. The van der Waals surface area contributed by atoms with Gasteiger partial charge in [-0.1, -0.05) is 32.9 Å². The van der Waals surface area contributed by atoms with E-state index in [0.717, 1.165) is 17.7 Å². The van der Waals surface area contributed by atoms with Gasteiger partial charge in [0.2, 0.25) is 0 Å². The van der Waals surface area contributed by atoms with Crippen molar-refractivity contribution >= 4 is 30.3 Å². The van der Waals surface area contributed by atoms with Gasteiger partial charge in [-0.25, -0.2) is 0 Å². The van der Waals surface area contributed by atoms with Crippen molar-refractivity contribution in [2.24, 2.45) is 0 Å². The van der Waals surface area contributed by atoms with Gasteiger partial charge in [0.25, 0.3) is 0 Å². The molecule has 0 unspecified atom stereocenters. The Labute approximate surface area is 124 Å². The molecule has 1 aliphatic rings. The number of hydrogen-bond acceptors (Lipinski definition) is 1. The van der Waals surface area contributed by atoms with Gasteiger partial charge in [0, 0.05) is 0 Å². The van der Waals surface area contributed by atoms with Crippen LogP contribution in [0, 0.1) is 11.3 Å². The van der Waals surface area contributed by atoms with Crippen molar-refractivity contribution in [3.63, 3.8) is 0 Å². The molecule has 1 heterocycles. The van der Waals surface area contributed by atoms with Gasteiger partial charge in [0.05, 0.1) is 17.2 Å². The standard InChI is InChI=1S/C15H9F3IN/c16-15(17,18)14-3-1-2-12(9-14)13(10-20)8-11-4-6-19-7-5-11/h1-9H/b13-8-. The van der Waals surface area contributed by atoms with E-state index >= 15 is 0 Å². The molecule has 0 atom stereocenters. The Balaban J connectivity index is 2.41. The van der Waals surface area contributed by atoms with Gasteiger partial charge in [0.15, 0.2) is 0 Å². The third-order valence-corrected chi connectivity index (χ3v) is 4.14. The summed E-state index contributed by atoms with van der Waals surface area (Å²) >= 11 is -0.0620. The van der Waals surface area contributed by atoms with Gasteiger partial charge in [-0.2, -0.15) is 18.4 Å². The minimum absolute atomic E-state index is 0.0620. The van der Waals surface area contributed by atoms with Gasteiger partial charge in [-0.05, 0) is 49.6 Å². The number of rotatable bonds is 2. The maximum absolute atomic E-state index is 12.7. The fourth-order valence-corrected chi connectivity index (χ4v) is 3.11. The zero-order valence-corrected chi connectivity index (χ0v) is 12.3. The molecule has 2 rings (SSSR count). The summed E-state index contributed by atoms with van der Waals surface area (Å²) in [5.41, 5.74) is 0.573. The third-order valence-electron chi connectivity index (χ3n) is 2.59. The van der Waals surface area contributed by atoms with E-state index in [0.29, 0.717) is 0 Å². The van der Waals surface area contributed by atoms with Crippen LogP contribution in [0.4, 0.5) is 13.2 Å². The van der Waals surface area contributed by atoms with Gasteiger partial charge < -0.3 is 0 Å². The highest BCUT2D eigenvalue weighted by atomic mass is 127. The van der Waals surface area contributed by atoms with Crippen LogP contribution in [0.1, 0.15) is 11.1 Å². The van der Waals surface area contributed by atoms with Crippen molar-refractivity contribution in [2.45, 2.75) is 6.18 Å². The summed E-state index contributed by atoms with van der Waals surface area (Å²) in [7, 11) is 0. The number of halogens is 4. The molecule has 0 bridgehead atoms. The second-order valence-electron chi connectivity index (χ2n) is 3.96. The predicted octanol–water partition coefficient (Wildman–Crippen LogP) is 4.84. The number of nitrogens with zero attached hydrogens (tertiary/aromatic N) is 1. The van der Waals surface area contributed by atoms with E-state index in [9.17, 15) is 13.2 Å². The van der Waals surface area contributed by atoms with Gasteiger partial charge >= 0.3 is 6.18 Å². The minimum atomic E-state index is -4.40. The van der Waals surface area contributed by atoms with E-state index in [2.05, 4.69) is 0 Å². The topological polar surface area (TPSA) is 23.8 Å². The summed E-state index contributed by atoms with van der Waals surface area (Å²) in [6.45, 7) is 0. The van der Waals surface area contributed by atoms with Crippen LogP contribution in [0.2, 0.25) is 0 Å². The second kappa shape index (κ2) is 6.18. The zero-order chi connectivity index (χ0) is 14.6. The largest absolute Gasteiger partial charge is 0.416 e. The quantitative estimate of drug-likeness (QED) is 0.527. The molecule has 0 aromatic heterocycles. The van der Waals surface area contributed by atoms with Crippen molar-refractivity contribution in [3.8, 4) is 6.07 Å². The van der Waals surface area contributed by atoms with Crippen LogP contribution in [0.25, 0.3) is 5.57 Å². The molecule has 0 amide bonds. The molecule has 102 valence electrons. The highest BCUT2D eigenvalue weighted by Crippen LogP contribution is 2.31. The van der Waals surface area contributed by atoms with E-state index < -0.39 is 11.7 Å². The molecule has 5 heteroatoms. The Hall–Kier alpha value is -1.68. The average Bonchev–Trinajstić information content (AvgIpc) is 2.45. The molecule has 1 nitrogen and oxygen atoms in total. The van der Waals surface area contributed by atoms with E-state index in [1.54, 1.807) is 6.08 Å². The van der Waals surface area contributed by atoms with Gasteiger partial charge in [-0.3, -0.25) is 0 Å². The minimum Gasteiger partial charge on any atom is -0.192 e. The SMILES string of the molecule is N#C/C(=C/C1=CC=IC=C1)c1cccc(C(F)(F)F)c1. The van der Waals surface area contributed by atoms with Crippen LogP contribution in [0.5, 0.6) is 0 Å². The van der Waals surface area contributed by atoms with Gasteiger partial charge in [-0.15, -0.1) is 0 Å². The first kappa shape index (κ1) is 14.7. The average molecular weight is 387 g/mol. The molecule has 0 radical (unpaired) electrons. The van der Waals surface area contributed by atoms with E-state index in [1.165, 1.54) is 12.1 Å². The number of hydrogen-bond donors (Lipinski definition) is 0. The molecule has 0 spiro atoms. The lowest BCUT2D eigenvalue weighted by molar-refractivity contribution is -0.137. The first-order chi connectivity index (χ1) is 9.50. The van der Waals surface area contributed by atoms with Crippen molar-refractivity contribution in [1.29, 1.82) is 5.26 Å². The molecule has 0 fully saturated rings. The summed E-state index contributed by atoms with van der Waals surface area (Å²) in [5, 5.41) is 9.15. The van der Waals surface area contributed by atoms with Crippen molar-refractivity contribution in [2.75, 3.05) is 0 Å². The Bertz CT molecular complexity index is 673. The first-order valence-electron chi connectivity index (χ1n) is 5.62. The Morgan fingerprint density at radius 3 is 2.70 bits per heavy atom. The van der Waals surface area contributed by atoms with Crippen molar-refractivity contribution in [1.82, 2.24) is 0 Å². The monoisotopic (exact) mass is 387 g/mol. The maximum Gasteiger partial charge on any atom is 0.416 e. The molecule has 0 saturated carbocycles. The number of benzene rings is 1. The van der Waals surface area contributed by atoms with E-state index in [-0.39, 0.29) is 31.9 Å². The molecule has 0 saturated heterocycles. The molecule has 1 aliphatic heterocycles. The smallest absolute Gasteiger partial charge is 0.192 e. The fraction of sp³-hybridized carbons (Fsp3) is 0.0667. The van der Waals surface area contributed by atoms with Crippen molar-refractivity contribution in [3.05, 3.63) is 63.3 Å². The summed E-state index contributed by atoms with van der Waals surface area (Å²) in [6, 6.07) is 6.77. The summed E-state index contributed by atoms with van der Waals surface area (Å²) < 4.78 is 42.1. The normalized spacial score (nSPS) is 15.3.